The smallest absolute Gasteiger partial charge is 0.239 e. The summed E-state index contributed by atoms with van der Waals surface area (Å²) in [5.41, 5.74) is 0.786. The third-order valence-electron chi connectivity index (χ3n) is 1.72. The van der Waals surface area contributed by atoms with Gasteiger partial charge in [0.1, 0.15) is 0 Å². The monoisotopic (exact) mass is 196 g/mol. The molecule has 1 atom stereocenters. The fraction of sp³-hybridized carbons (Fsp3) is 0.333. The van der Waals surface area contributed by atoms with E-state index in [0.29, 0.717) is 0 Å². The average Bonchev–Trinajstić information content (AvgIpc) is 2.17. The van der Waals surface area contributed by atoms with Crippen LogP contribution in [0.1, 0.15) is 6.92 Å². The van der Waals surface area contributed by atoms with Gasteiger partial charge in [-0.2, -0.15) is 12.6 Å². The van der Waals surface area contributed by atoms with E-state index in [4.69, 9.17) is 0 Å². The van der Waals surface area contributed by atoms with E-state index >= 15 is 0 Å². The quantitative estimate of drug-likeness (QED) is 0.725. The van der Waals surface area contributed by atoms with Gasteiger partial charge in [0.2, 0.25) is 5.91 Å². The summed E-state index contributed by atoms with van der Waals surface area (Å²) >= 11 is 4.07. The number of hydrogen-bond acceptors (Lipinski definition) is 3. The largest absolute Gasteiger partial charge is 0.313 e. The minimum absolute atomic E-state index is 0.0312. The molecule has 1 aromatic heterocycles. The predicted octanol–water partition coefficient (Wildman–Crippen LogP) is 1.36. The molecule has 0 fully saturated rings. The molecule has 0 aliphatic heterocycles. The molecule has 13 heavy (non-hydrogen) atoms. The van der Waals surface area contributed by atoms with Crippen LogP contribution < -0.4 is 4.90 Å². The average molecular weight is 196 g/mol. The molecule has 70 valence electrons. The number of thiol groups is 1. The van der Waals surface area contributed by atoms with Crippen molar-refractivity contribution >= 4 is 24.2 Å². The molecule has 3 nitrogen and oxygen atoms in total. The molecule has 0 saturated carbocycles. The number of rotatable bonds is 2. The Balaban J connectivity index is 2.80. The van der Waals surface area contributed by atoms with Gasteiger partial charge in [-0.15, -0.1) is 0 Å². The molecule has 0 bridgehead atoms. The highest BCUT2D eigenvalue weighted by molar-refractivity contribution is 7.81. The maximum Gasteiger partial charge on any atom is 0.239 e. The predicted molar refractivity (Wildman–Crippen MR) is 56.1 cm³/mol. The topological polar surface area (TPSA) is 33.2 Å². The summed E-state index contributed by atoms with van der Waals surface area (Å²) in [6.45, 7) is 1.75. The van der Waals surface area contributed by atoms with Crippen LogP contribution in [0.15, 0.2) is 24.5 Å². The first-order valence-electron chi connectivity index (χ1n) is 3.98. The van der Waals surface area contributed by atoms with Gasteiger partial charge in [0.15, 0.2) is 0 Å². The van der Waals surface area contributed by atoms with Gasteiger partial charge in [-0.05, 0) is 19.1 Å². The molecular weight excluding hydrogens is 184 g/mol. The van der Waals surface area contributed by atoms with Gasteiger partial charge in [0.05, 0.1) is 17.1 Å². The zero-order chi connectivity index (χ0) is 9.84. The molecule has 0 aromatic carbocycles. The number of anilines is 1. The van der Waals surface area contributed by atoms with Gasteiger partial charge in [-0.1, -0.05) is 0 Å². The van der Waals surface area contributed by atoms with Crippen molar-refractivity contribution in [3.8, 4) is 0 Å². The van der Waals surface area contributed by atoms with Crippen LogP contribution in [0.25, 0.3) is 0 Å². The molecule has 0 aliphatic rings. The number of hydrogen-bond donors (Lipinski definition) is 1. The number of nitrogens with zero attached hydrogens (tertiary/aromatic N) is 2. The first-order valence-corrected chi connectivity index (χ1v) is 4.50. The Labute approximate surface area is 83.2 Å². The Kier molecular flexibility index (Phi) is 3.31. The Hall–Kier alpha value is -1.03. The molecule has 1 rings (SSSR count). The zero-order valence-electron chi connectivity index (χ0n) is 7.64. The maximum absolute atomic E-state index is 11.5. The van der Waals surface area contributed by atoms with Crippen molar-refractivity contribution in [2.75, 3.05) is 11.9 Å². The Morgan fingerprint density at radius 2 is 2.38 bits per heavy atom. The summed E-state index contributed by atoms with van der Waals surface area (Å²) in [6, 6.07) is 3.63. The van der Waals surface area contributed by atoms with Crippen LogP contribution in [0.2, 0.25) is 0 Å². The third kappa shape index (κ3) is 2.45. The standard InChI is InChI=1S/C9H12N2OS/c1-7(13)9(12)11(2)8-4-3-5-10-6-8/h3-7,13H,1-2H3. The Morgan fingerprint density at radius 3 is 2.85 bits per heavy atom. The van der Waals surface area contributed by atoms with Crippen molar-refractivity contribution in [2.45, 2.75) is 12.2 Å². The minimum atomic E-state index is -0.287. The summed E-state index contributed by atoms with van der Waals surface area (Å²) in [5.74, 6) is -0.0312. The lowest BCUT2D eigenvalue weighted by atomic mass is 10.3. The lowest BCUT2D eigenvalue weighted by Crippen LogP contribution is -2.32. The molecule has 0 saturated heterocycles. The van der Waals surface area contributed by atoms with Gasteiger partial charge >= 0.3 is 0 Å². The number of pyridine rings is 1. The molecule has 0 N–H and O–H groups in total. The zero-order valence-corrected chi connectivity index (χ0v) is 8.53. The van der Waals surface area contributed by atoms with Crippen LogP contribution in [0.5, 0.6) is 0 Å². The van der Waals surface area contributed by atoms with Crippen LogP contribution >= 0.6 is 12.6 Å². The highest BCUT2D eigenvalue weighted by atomic mass is 32.1. The van der Waals surface area contributed by atoms with Crippen LogP contribution in [0, 0.1) is 0 Å². The van der Waals surface area contributed by atoms with E-state index < -0.39 is 0 Å². The number of aromatic nitrogens is 1. The molecule has 1 amide bonds. The molecule has 4 heteroatoms. The van der Waals surface area contributed by atoms with Crippen LogP contribution in [0.4, 0.5) is 5.69 Å². The van der Waals surface area contributed by atoms with E-state index in [9.17, 15) is 4.79 Å². The maximum atomic E-state index is 11.5. The van der Waals surface area contributed by atoms with Gasteiger partial charge < -0.3 is 4.90 Å². The Bertz CT molecular complexity index is 287. The van der Waals surface area contributed by atoms with E-state index in [2.05, 4.69) is 17.6 Å². The van der Waals surface area contributed by atoms with E-state index in [1.807, 2.05) is 6.07 Å². The third-order valence-corrected chi connectivity index (χ3v) is 1.94. The van der Waals surface area contributed by atoms with Crippen molar-refractivity contribution in [1.82, 2.24) is 4.98 Å². The van der Waals surface area contributed by atoms with Crippen LogP contribution in [0.3, 0.4) is 0 Å². The fourth-order valence-electron chi connectivity index (χ4n) is 0.960. The van der Waals surface area contributed by atoms with E-state index in [1.54, 1.807) is 37.3 Å². The first-order chi connectivity index (χ1) is 6.13. The summed E-state index contributed by atoms with van der Waals surface area (Å²) in [7, 11) is 1.71. The van der Waals surface area contributed by atoms with Gasteiger partial charge in [-0.3, -0.25) is 9.78 Å². The minimum Gasteiger partial charge on any atom is -0.313 e. The van der Waals surface area contributed by atoms with E-state index in [-0.39, 0.29) is 11.2 Å². The normalized spacial score (nSPS) is 12.2. The van der Waals surface area contributed by atoms with Crippen LogP contribution in [-0.4, -0.2) is 23.2 Å². The van der Waals surface area contributed by atoms with Crippen molar-refractivity contribution in [3.05, 3.63) is 24.5 Å². The molecule has 0 aliphatic carbocycles. The second kappa shape index (κ2) is 4.28. The van der Waals surface area contributed by atoms with E-state index in [1.165, 1.54) is 0 Å². The Morgan fingerprint density at radius 1 is 1.69 bits per heavy atom. The summed E-state index contributed by atoms with van der Waals surface area (Å²) in [6.07, 6.45) is 3.32. The van der Waals surface area contributed by atoms with Crippen molar-refractivity contribution in [1.29, 1.82) is 0 Å². The molecular formula is C9H12N2OS. The fourth-order valence-corrected chi connectivity index (χ4v) is 1.13. The van der Waals surface area contributed by atoms with Gasteiger partial charge in [0, 0.05) is 13.2 Å². The lowest BCUT2D eigenvalue weighted by Gasteiger charge is -2.18. The molecule has 0 radical (unpaired) electrons. The highest BCUT2D eigenvalue weighted by Crippen LogP contribution is 2.11. The van der Waals surface area contributed by atoms with Crippen LogP contribution in [-0.2, 0) is 4.79 Å². The van der Waals surface area contributed by atoms with E-state index in [0.717, 1.165) is 5.69 Å². The van der Waals surface area contributed by atoms with Crippen molar-refractivity contribution < 1.29 is 4.79 Å². The molecule has 1 aromatic rings. The van der Waals surface area contributed by atoms with Crippen molar-refractivity contribution in [3.63, 3.8) is 0 Å². The molecule has 1 unspecified atom stereocenters. The highest BCUT2D eigenvalue weighted by Gasteiger charge is 2.14. The second-order valence-electron chi connectivity index (χ2n) is 2.78. The van der Waals surface area contributed by atoms with Gasteiger partial charge in [-0.25, -0.2) is 0 Å². The lowest BCUT2D eigenvalue weighted by molar-refractivity contribution is -0.117. The van der Waals surface area contributed by atoms with Crippen molar-refractivity contribution in [2.24, 2.45) is 0 Å². The summed E-state index contributed by atoms with van der Waals surface area (Å²) < 4.78 is 0. The molecule has 1 heterocycles. The first kappa shape index (κ1) is 10.1. The molecule has 0 spiro atoms. The number of amides is 1. The summed E-state index contributed by atoms with van der Waals surface area (Å²) in [5, 5.41) is -0.287. The number of carbonyl (C=O) groups is 1. The van der Waals surface area contributed by atoms with Gasteiger partial charge in [0.25, 0.3) is 0 Å². The second-order valence-corrected chi connectivity index (χ2v) is 3.56. The summed E-state index contributed by atoms with van der Waals surface area (Å²) in [4.78, 5) is 16.9. The number of carbonyl (C=O) groups excluding carboxylic acids is 1. The SMILES string of the molecule is CC(S)C(=O)N(C)c1cccnc1.